The van der Waals surface area contributed by atoms with E-state index in [2.05, 4.69) is 50.6 Å². The lowest BCUT2D eigenvalue weighted by molar-refractivity contribution is -0.663. The summed E-state index contributed by atoms with van der Waals surface area (Å²) in [5, 5.41) is 0. The van der Waals surface area contributed by atoms with Crippen LogP contribution in [-0.2, 0) is 13.5 Å². The molecule has 152 valence electrons. The summed E-state index contributed by atoms with van der Waals surface area (Å²) in [4.78, 5) is 14.3. The predicted octanol–water partition coefficient (Wildman–Crippen LogP) is 4.93. The van der Waals surface area contributed by atoms with Gasteiger partial charge in [0.15, 0.2) is 5.69 Å². The van der Waals surface area contributed by atoms with E-state index in [-0.39, 0.29) is 0 Å². The van der Waals surface area contributed by atoms with Gasteiger partial charge in [-0.25, -0.2) is 14.5 Å². The molecule has 1 saturated carbocycles. The zero-order valence-corrected chi connectivity index (χ0v) is 18.4. The van der Waals surface area contributed by atoms with Gasteiger partial charge in [-0.15, -0.1) is 0 Å². The van der Waals surface area contributed by atoms with Crippen LogP contribution in [0.5, 0.6) is 0 Å². The molecule has 0 atom stereocenters. The van der Waals surface area contributed by atoms with Gasteiger partial charge in [-0.3, -0.25) is 0 Å². The van der Waals surface area contributed by atoms with E-state index in [1.165, 1.54) is 59.2 Å². The summed E-state index contributed by atoms with van der Waals surface area (Å²) in [5.41, 5.74) is 11.1. The molecule has 3 aromatic rings. The monoisotopic (exact) mass is 397 g/mol. The van der Waals surface area contributed by atoms with Gasteiger partial charge in [0.05, 0.1) is 12.6 Å². The molecule has 1 fully saturated rings. The minimum Gasteiger partial charge on any atom is -0.240 e. The number of rotatable bonds is 3. The van der Waals surface area contributed by atoms with Crippen LogP contribution in [0.25, 0.3) is 16.8 Å². The molecular weight excluding hydrogens is 368 g/mol. The third kappa shape index (κ3) is 3.15. The average Bonchev–Trinajstić information content (AvgIpc) is 3.41. The molecule has 0 radical (unpaired) electrons. The maximum atomic E-state index is 4.82. The molecule has 4 heteroatoms. The number of fused-ring (bicyclic) bond motifs is 1. The van der Waals surface area contributed by atoms with Crippen LogP contribution >= 0.6 is 0 Å². The first kappa shape index (κ1) is 19.1. The van der Waals surface area contributed by atoms with Crippen molar-refractivity contribution in [2.24, 2.45) is 7.05 Å². The van der Waals surface area contributed by atoms with Gasteiger partial charge in [0.25, 0.3) is 6.33 Å². The smallest absolute Gasteiger partial charge is 0.240 e. The van der Waals surface area contributed by atoms with E-state index >= 15 is 0 Å². The van der Waals surface area contributed by atoms with Crippen LogP contribution in [-0.4, -0.2) is 15.0 Å². The number of allylic oxidation sites excluding steroid dienone is 1. The summed E-state index contributed by atoms with van der Waals surface area (Å²) < 4.78 is 2.16. The van der Waals surface area contributed by atoms with Gasteiger partial charge in [-0.2, -0.15) is 0 Å². The maximum absolute atomic E-state index is 4.82. The third-order valence-electron chi connectivity index (χ3n) is 6.82. The van der Waals surface area contributed by atoms with Crippen LogP contribution in [0.15, 0.2) is 36.9 Å². The highest BCUT2D eigenvalue weighted by Gasteiger charge is 2.30. The highest BCUT2D eigenvalue weighted by Crippen LogP contribution is 2.37. The Hall–Kier alpha value is -2.88. The highest BCUT2D eigenvalue weighted by atomic mass is 15.0. The molecule has 4 nitrogen and oxygen atoms in total. The molecule has 5 rings (SSSR count). The second kappa shape index (κ2) is 7.42. The van der Waals surface area contributed by atoms with Crippen LogP contribution in [0.1, 0.15) is 70.9 Å². The van der Waals surface area contributed by atoms with Crippen molar-refractivity contribution in [3.05, 3.63) is 76.3 Å². The minimum absolute atomic E-state index is 0.542. The van der Waals surface area contributed by atoms with Crippen molar-refractivity contribution in [1.29, 1.82) is 0 Å². The normalized spacial score (nSPS) is 16.1. The number of benzene rings is 1. The molecule has 0 N–H and O–H groups in total. The van der Waals surface area contributed by atoms with Crippen molar-refractivity contribution >= 4 is 5.57 Å². The topological polar surface area (TPSA) is 42.5 Å². The van der Waals surface area contributed by atoms with E-state index < -0.39 is 0 Å². The molecule has 2 heterocycles. The Morgan fingerprint density at radius 3 is 2.43 bits per heavy atom. The van der Waals surface area contributed by atoms with Crippen molar-refractivity contribution < 1.29 is 4.57 Å². The Kier molecular flexibility index (Phi) is 4.73. The molecule has 2 aliphatic carbocycles. The average molecular weight is 398 g/mol. The van der Waals surface area contributed by atoms with Crippen molar-refractivity contribution in [3.63, 3.8) is 0 Å². The number of hydrogen-bond donors (Lipinski definition) is 0. The molecule has 0 amide bonds. The molecule has 0 bridgehead atoms. The quantitative estimate of drug-likeness (QED) is 0.588. The van der Waals surface area contributed by atoms with Gasteiger partial charge in [0.2, 0.25) is 0 Å². The number of nitrogens with zero attached hydrogens (tertiary/aromatic N) is 4. The zero-order valence-electron chi connectivity index (χ0n) is 18.4. The Balaban J connectivity index is 1.55. The Morgan fingerprint density at radius 1 is 0.967 bits per heavy atom. The molecule has 30 heavy (non-hydrogen) atoms. The summed E-state index contributed by atoms with van der Waals surface area (Å²) >= 11 is 0. The molecule has 2 aliphatic rings. The lowest BCUT2D eigenvalue weighted by Gasteiger charge is -2.13. The molecule has 0 aliphatic heterocycles. The maximum Gasteiger partial charge on any atom is 0.287 e. The standard InChI is InChI=1S/C26H29N4/c1-16-11-17(2)18(3)23(12-16)25-22-10-9-21(24(22)29-15-30(25)4)20-13-27-26(28-14-20)19-7-5-6-8-19/h9,11-15,19H,5-8,10H2,1-4H3/q+1. The second-order valence-corrected chi connectivity index (χ2v) is 8.92. The van der Waals surface area contributed by atoms with E-state index in [9.17, 15) is 0 Å². The Bertz CT molecular complexity index is 1150. The number of aromatic nitrogens is 4. The highest BCUT2D eigenvalue weighted by molar-refractivity contribution is 5.85. The van der Waals surface area contributed by atoms with Gasteiger partial charge in [0.1, 0.15) is 11.5 Å². The van der Waals surface area contributed by atoms with E-state index in [4.69, 9.17) is 15.0 Å². The summed E-state index contributed by atoms with van der Waals surface area (Å²) in [5.74, 6) is 1.55. The van der Waals surface area contributed by atoms with Crippen LogP contribution in [0, 0.1) is 20.8 Å². The van der Waals surface area contributed by atoms with E-state index in [0.29, 0.717) is 5.92 Å². The van der Waals surface area contributed by atoms with Gasteiger partial charge in [0, 0.05) is 41.4 Å². The van der Waals surface area contributed by atoms with Crippen LogP contribution in [0.2, 0.25) is 0 Å². The van der Waals surface area contributed by atoms with Gasteiger partial charge in [-0.05, 0) is 55.8 Å². The van der Waals surface area contributed by atoms with Gasteiger partial charge < -0.3 is 0 Å². The second-order valence-electron chi connectivity index (χ2n) is 8.92. The van der Waals surface area contributed by atoms with Crippen molar-refractivity contribution in [2.75, 3.05) is 0 Å². The van der Waals surface area contributed by atoms with E-state index in [0.717, 1.165) is 29.1 Å². The lowest BCUT2D eigenvalue weighted by atomic mass is 9.94. The summed E-state index contributed by atoms with van der Waals surface area (Å²) in [6, 6.07) is 4.56. The number of aryl methyl sites for hydroxylation is 3. The van der Waals surface area contributed by atoms with Crippen LogP contribution in [0.4, 0.5) is 0 Å². The minimum atomic E-state index is 0.542. The third-order valence-corrected chi connectivity index (χ3v) is 6.82. The first-order chi connectivity index (χ1) is 14.5. The fourth-order valence-electron chi connectivity index (χ4n) is 5.10. The largest absolute Gasteiger partial charge is 0.287 e. The van der Waals surface area contributed by atoms with E-state index in [1.807, 2.05) is 18.7 Å². The van der Waals surface area contributed by atoms with Crippen molar-refractivity contribution in [1.82, 2.24) is 15.0 Å². The van der Waals surface area contributed by atoms with Gasteiger partial charge >= 0.3 is 0 Å². The Morgan fingerprint density at radius 2 is 1.70 bits per heavy atom. The fraction of sp³-hybridized carbons (Fsp3) is 0.385. The Labute approximate surface area is 178 Å². The fourth-order valence-corrected chi connectivity index (χ4v) is 5.10. The molecule has 0 spiro atoms. The lowest BCUT2D eigenvalue weighted by Crippen LogP contribution is -2.33. The summed E-state index contributed by atoms with van der Waals surface area (Å²) in [7, 11) is 2.09. The summed E-state index contributed by atoms with van der Waals surface area (Å²) in [6.45, 7) is 6.58. The molecule has 0 saturated heterocycles. The molecular formula is C26H29N4+. The predicted molar refractivity (Wildman–Crippen MR) is 119 cm³/mol. The zero-order chi connectivity index (χ0) is 20.8. The van der Waals surface area contributed by atoms with E-state index in [1.54, 1.807) is 0 Å². The van der Waals surface area contributed by atoms with Crippen molar-refractivity contribution in [2.45, 2.75) is 58.8 Å². The molecule has 0 unspecified atom stereocenters. The number of hydrogen-bond acceptors (Lipinski definition) is 3. The van der Waals surface area contributed by atoms with Crippen LogP contribution in [0.3, 0.4) is 0 Å². The van der Waals surface area contributed by atoms with Crippen LogP contribution < -0.4 is 4.57 Å². The SMILES string of the molecule is Cc1cc(C)c(C)c(-c2c3c(nc[n+]2C)C(c2cnc(C4CCCC4)nc2)=CC3)c1. The summed E-state index contributed by atoms with van der Waals surface area (Å²) in [6.07, 6.45) is 14.2. The first-order valence-electron chi connectivity index (χ1n) is 11.0. The molecule has 1 aromatic carbocycles. The first-order valence-corrected chi connectivity index (χ1v) is 11.0. The van der Waals surface area contributed by atoms with Gasteiger partial charge in [-0.1, -0.05) is 30.5 Å². The van der Waals surface area contributed by atoms with Crippen molar-refractivity contribution in [3.8, 4) is 11.3 Å². The molecule has 2 aromatic heterocycles.